The molecule has 0 bridgehead atoms. The molecular formula is C18H12F2N4O2. The molecule has 1 aliphatic heterocycles. The molecule has 2 N–H and O–H groups in total. The normalized spacial score (nSPS) is 15.0. The molecule has 0 saturated carbocycles. The van der Waals surface area contributed by atoms with Gasteiger partial charge in [-0.2, -0.15) is 0 Å². The van der Waals surface area contributed by atoms with Crippen LogP contribution in [0.2, 0.25) is 0 Å². The average molecular weight is 354 g/mol. The first kappa shape index (κ1) is 15.9. The Morgan fingerprint density at radius 3 is 2.65 bits per heavy atom. The standard InChI is InChI=1S/C18H12F2N4O2/c1-24-12(7-9-4-5-10(19)8-11(9)20)15-14(17(24)25)16(23-18(21)22-15)13-3-2-6-26-13/h2-8H,1H3,(H2,21,22,23). The van der Waals surface area contributed by atoms with Crippen molar-refractivity contribution in [1.82, 2.24) is 14.9 Å². The zero-order valence-corrected chi connectivity index (χ0v) is 13.5. The largest absolute Gasteiger partial charge is 0.463 e. The van der Waals surface area contributed by atoms with Crippen molar-refractivity contribution in [2.75, 3.05) is 12.8 Å². The van der Waals surface area contributed by atoms with Gasteiger partial charge in [-0.05, 0) is 30.3 Å². The summed E-state index contributed by atoms with van der Waals surface area (Å²) in [7, 11) is 1.53. The molecule has 1 aliphatic rings. The van der Waals surface area contributed by atoms with Crippen LogP contribution in [0, 0.1) is 11.6 Å². The van der Waals surface area contributed by atoms with Crippen LogP contribution in [0.5, 0.6) is 0 Å². The van der Waals surface area contributed by atoms with Gasteiger partial charge < -0.3 is 15.1 Å². The molecule has 0 saturated heterocycles. The highest BCUT2D eigenvalue weighted by Crippen LogP contribution is 2.37. The molecule has 6 nitrogen and oxygen atoms in total. The van der Waals surface area contributed by atoms with E-state index in [4.69, 9.17) is 10.2 Å². The molecule has 4 rings (SSSR count). The summed E-state index contributed by atoms with van der Waals surface area (Å²) in [5.41, 5.74) is 6.98. The third kappa shape index (κ3) is 2.43. The molecule has 3 heterocycles. The van der Waals surface area contributed by atoms with Gasteiger partial charge in [-0.3, -0.25) is 4.79 Å². The number of carbonyl (C=O) groups is 1. The monoisotopic (exact) mass is 354 g/mol. The molecule has 0 spiro atoms. The van der Waals surface area contributed by atoms with Crippen LogP contribution >= 0.6 is 0 Å². The third-order valence-corrected chi connectivity index (χ3v) is 4.06. The van der Waals surface area contributed by atoms with Gasteiger partial charge in [-0.15, -0.1) is 0 Å². The minimum absolute atomic E-state index is 0.0521. The Morgan fingerprint density at radius 2 is 1.96 bits per heavy atom. The molecule has 0 aliphatic carbocycles. The summed E-state index contributed by atoms with van der Waals surface area (Å²) < 4.78 is 32.5. The van der Waals surface area contributed by atoms with E-state index in [9.17, 15) is 13.6 Å². The van der Waals surface area contributed by atoms with E-state index in [1.54, 1.807) is 12.1 Å². The van der Waals surface area contributed by atoms with E-state index in [0.717, 1.165) is 12.1 Å². The lowest BCUT2D eigenvalue weighted by Gasteiger charge is -2.10. The van der Waals surface area contributed by atoms with Crippen LogP contribution in [-0.4, -0.2) is 27.8 Å². The van der Waals surface area contributed by atoms with E-state index >= 15 is 0 Å². The van der Waals surface area contributed by atoms with Crippen molar-refractivity contribution < 1.29 is 18.0 Å². The second kappa shape index (κ2) is 5.76. The van der Waals surface area contributed by atoms with Crippen LogP contribution in [0.4, 0.5) is 14.7 Å². The maximum atomic E-state index is 14.0. The first-order valence-electron chi connectivity index (χ1n) is 7.62. The minimum Gasteiger partial charge on any atom is -0.463 e. The van der Waals surface area contributed by atoms with E-state index in [2.05, 4.69) is 9.97 Å². The van der Waals surface area contributed by atoms with Crippen molar-refractivity contribution in [3.8, 4) is 11.5 Å². The number of benzene rings is 1. The summed E-state index contributed by atoms with van der Waals surface area (Å²) in [6.45, 7) is 0. The predicted molar refractivity (Wildman–Crippen MR) is 90.5 cm³/mol. The number of nitrogen functional groups attached to an aromatic ring is 1. The number of fused-ring (bicyclic) bond motifs is 1. The number of hydrogen-bond donors (Lipinski definition) is 1. The Bertz CT molecular complexity index is 1060. The van der Waals surface area contributed by atoms with Crippen molar-refractivity contribution in [2.45, 2.75) is 0 Å². The number of halogens is 2. The van der Waals surface area contributed by atoms with Crippen LogP contribution in [0.15, 0.2) is 41.0 Å². The van der Waals surface area contributed by atoms with Gasteiger partial charge in [-0.25, -0.2) is 18.7 Å². The van der Waals surface area contributed by atoms with E-state index < -0.39 is 11.6 Å². The second-order valence-corrected chi connectivity index (χ2v) is 5.69. The maximum Gasteiger partial charge on any atom is 0.262 e. The lowest BCUT2D eigenvalue weighted by Crippen LogP contribution is -2.17. The lowest BCUT2D eigenvalue weighted by molar-refractivity contribution is 0.0875. The van der Waals surface area contributed by atoms with E-state index in [0.29, 0.717) is 11.5 Å². The maximum absolute atomic E-state index is 14.0. The predicted octanol–water partition coefficient (Wildman–Crippen LogP) is 3.18. The van der Waals surface area contributed by atoms with Crippen LogP contribution in [0.3, 0.4) is 0 Å². The van der Waals surface area contributed by atoms with Crippen LogP contribution in [0.25, 0.3) is 23.2 Å². The van der Waals surface area contributed by atoms with Crippen molar-refractivity contribution in [2.24, 2.45) is 0 Å². The van der Waals surface area contributed by atoms with Crippen LogP contribution in [0.1, 0.15) is 21.6 Å². The molecule has 0 radical (unpaired) electrons. The van der Waals surface area contributed by atoms with E-state index in [1.165, 1.54) is 30.4 Å². The minimum atomic E-state index is -0.750. The summed E-state index contributed by atoms with van der Waals surface area (Å²) in [6, 6.07) is 6.50. The average Bonchev–Trinajstić information content (AvgIpc) is 3.20. The first-order chi connectivity index (χ1) is 12.5. The summed E-state index contributed by atoms with van der Waals surface area (Å²) in [4.78, 5) is 22.3. The number of nitrogens with two attached hydrogens (primary N) is 1. The Balaban J connectivity index is 1.94. The molecule has 1 amide bonds. The number of rotatable bonds is 2. The quantitative estimate of drug-likeness (QED) is 0.764. The summed E-state index contributed by atoms with van der Waals surface area (Å²) in [5.74, 6) is -1.50. The summed E-state index contributed by atoms with van der Waals surface area (Å²) in [6.07, 6.45) is 2.87. The van der Waals surface area contributed by atoms with E-state index in [1.807, 2.05) is 0 Å². The van der Waals surface area contributed by atoms with Gasteiger partial charge in [0, 0.05) is 18.7 Å². The highest BCUT2D eigenvalue weighted by Gasteiger charge is 2.36. The highest BCUT2D eigenvalue weighted by atomic mass is 19.1. The number of amides is 1. The van der Waals surface area contributed by atoms with Gasteiger partial charge >= 0.3 is 0 Å². The fraction of sp³-hybridized carbons (Fsp3) is 0.0556. The third-order valence-electron chi connectivity index (χ3n) is 4.06. The number of carbonyl (C=O) groups excluding carboxylic acids is 1. The van der Waals surface area contributed by atoms with Gasteiger partial charge in [0.15, 0.2) is 5.76 Å². The number of anilines is 1. The molecular weight excluding hydrogens is 342 g/mol. The molecule has 26 heavy (non-hydrogen) atoms. The SMILES string of the molecule is CN1C(=O)c2c(nc(N)nc2-c2ccco2)C1=Cc1ccc(F)cc1F. The molecule has 2 aromatic heterocycles. The fourth-order valence-electron chi connectivity index (χ4n) is 2.82. The Hall–Kier alpha value is -3.55. The van der Waals surface area contributed by atoms with Crippen LogP contribution < -0.4 is 5.73 Å². The number of furan rings is 1. The fourth-order valence-corrected chi connectivity index (χ4v) is 2.82. The zero-order chi connectivity index (χ0) is 18.4. The molecule has 0 fully saturated rings. The van der Waals surface area contributed by atoms with Gasteiger partial charge in [0.25, 0.3) is 5.91 Å². The van der Waals surface area contributed by atoms with Gasteiger partial charge in [0.05, 0.1) is 17.5 Å². The Morgan fingerprint density at radius 1 is 1.19 bits per heavy atom. The smallest absolute Gasteiger partial charge is 0.262 e. The van der Waals surface area contributed by atoms with Crippen molar-refractivity contribution in [3.63, 3.8) is 0 Å². The molecule has 0 atom stereocenters. The van der Waals surface area contributed by atoms with Gasteiger partial charge in [-0.1, -0.05) is 0 Å². The number of hydrogen-bond acceptors (Lipinski definition) is 5. The number of aromatic nitrogens is 2. The van der Waals surface area contributed by atoms with Crippen LogP contribution in [-0.2, 0) is 0 Å². The molecule has 0 unspecified atom stereocenters. The Labute approximate surface area is 146 Å². The Kier molecular flexibility index (Phi) is 3.54. The second-order valence-electron chi connectivity index (χ2n) is 5.69. The molecule has 1 aromatic carbocycles. The first-order valence-corrected chi connectivity index (χ1v) is 7.62. The van der Waals surface area contributed by atoms with Crippen molar-refractivity contribution in [3.05, 3.63) is 65.1 Å². The zero-order valence-electron chi connectivity index (χ0n) is 13.5. The molecule has 8 heteroatoms. The topological polar surface area (TPSA) is 85.2 Å². The number of nitrogens with zero attached hydrogens (tertiary/aromatic N) is 3. The summed E-state index contributed by atoms with van der Waals surface area (Å²) in [5, 5.41) is 0. The highest BCUT2D eigenvalue weighted by molar-refractivity contribution is 6.13. The summed E-state index contributed by atoms with van der Waals surface area (Å²) >= 11 is 0. The van der Waals surface area contributed by atoms with Crippen molar-refractivity contribution in [1.29, 1.82) is 0 Å². The van der Waals surface area contributed by atoms with E-state index in [-0.39, 0.29) is 34.4 Å². The molecule has 3 aromatic rings. The van der Waals surface area contributed by atoms with Gasteiger partial charge in [0.1, 0.15) is 23.0 Å². The molecule has 130 valence electrons. The lowest BCUT2D eigenvalue weighted by atomic mass is 10.1. The van der Waals surface area contributed by atoms with Crippen molar-refractivity contribution >= 4 is 23.6 Å². The van der Waals surface area contributed by atoms with Gasteiger partial charge in [0.2, 0.25) is 5.95 Å².